The lowest BCUT2D eigenvalue weighted by molar-refractivity contribution is -0.137. The summed E-state index contributed by atoms with van der Waals surface area (Å²) in [7, 11) is 0. The van der Waals surface area contributed by atoms with Crippen LogP contribution in [0.15, 0.2) is 48.7 Å². The van der Waals surface area contributed by atoms with Crippen molar-refractivity contribution in [3.8, 4) is 10.4 Å². The third-order valence-electron chi connectivity index (χ3n) is 5.42. The van der Waals surface area contributed by atoms with Crippen molar-refractivity contribution in [1.82, 2.24) is 4.98 Å². The Morgan fingerprint density at radius 3 is 2.68 bits per heavy atom. The fraction of sp³-hybridized carbons (Fsp3) is 0.273. The summed E-state index contributed by atoms with van der Waals surface area (Å²) in [4.78, 5) is 16.9. The first-order chi connectivity index (χ1) is 14.7. The van der Waals surface area contributed by atoms with E-state index in [-0.39, 0.29) is 17.9 Å². The number of nitrogens with two attached hydrogens (primary N) is 1. The van der Waals surface area contributed by atoms with Gasteiger partial charge in [0.25, 0.3) is 0 Å². The Labute approximate surface area is 181 Å². The molecule has 4 N–H and O–H groups in total. The second kappa shape index (κ2) is 8.32. The van der Waals surface area contributed by atoms with Gasteiger partial charge in [-0.15, -0.1) is 0 Å². The molecule has 4 rings (SSSR count). The smallest absolute Gasteiger partial charge is 0.360 e. The van der Waals surface area contributed by atoms with Crippen molar-refractivity contribution in [3.63, 3.8) is 0 Å². The van der Waals surface area contributed by atoms with Crippen LogP contribution in [0.5, 0.6) is 0 Å². The summed E-state index contributed by atoms with van der Waals surface area (Å²) in [5, 5.41) is 6.74. The van der Waals surface area contributed by atoms with Crippen molar-refractivity contribution in [1.29, 1.82) is 0 Å². The number of carbonyl (C=O) groups excluding carboxylic acids is 1. The lowest BCUT2D eigenvalue weighted by atomic mass is 9.93. The molecule has 0 spiro atoms. The van der Waals surface area contributed by atoms with Crippen LogP contribution in [0.25, 0.3) is 10.4 Å². The molecule has 162 valence electrons. The molecule has 2 heterocycles. The molecule has 1 aliphatic heterocycles. The largest absolute Gasteiger partial charge is 0.416 e. The van der Waals surface area contributed by atoms with Gasteiger partial charge in [-0.1, -0.05) is 36.5 Å². The number of rotatable bonds is 6. The summed E-state index contributed by atoms with van der Waals surface area (Å²) in [6.45, 7) is 2.32. The molecule has 2 atom stereocenters. The maximum absolute atomic E-state index is 12.7. The standard InChI is InChI=1S/C22H21F3N4OS/c1-12(13-2-5-16(6-3-13)22(23,24)25)17(26)10-27-21-28-11-19(31-21)14-4-7-18-15(8-14)9-20(30)29-18/h2-8,11-12,17H,9-10,26H2,1H3,(H,27,28)(H,29,30)/t12-,17+/m0/s1. The lowest BCUT2D eigenvalue weighted by Gasteiger charge is -2.21. The fourth-order valence-electron chi connectivity index (χ4n) is 3.48. The monoisotopic (exact) mass is 446 g/mol. The van der Waals surface area contributed by atoms with E-state index < -0.39 is 11.7 Å². The molecule has 0 fully saturated rings. The predicted molar refractivity (Wildman–Crippen MR) is 116 cm³/mol. The van der Waals surface area contributed by atoms with E-state index in [1.807, 2.05) is 25.1 Å². The Kier molecular flexibility index (Phi) is 5.72. The molecule has 0 bridgehead atoms. The second-order valence-electron chi connectivity index (χ2n) is 7.58. The van der Waals surface area contributed by atoms with Crippen molar-refractivity contribution in [3.05, 3.63) is 65.4 Å². The zero-order valence-corrected chi connectivity index (χ0v) is 17.5. The molecule has 9 heteroatoms. The zero-order chi connectivity index (χ0) is 22.2. The molecule has 1 aromatic heterocycles. The van der Waals surface area contributed by atoms with Gasteiger partial charge in [0, 0.05) is 24.5 Å². The normalized spacial score (nSPS) is 15.3. The second-order valence-corrected chi connectivity index (χ2v) is 8.61. The summed E-state index contributed by atoms with van der Waals surface area (Å²) in [5.74, 6) is -0.133. The minimum Gasteiger partial charge on any atom is -0.360 e. The van der Waals surface area contributed by atoms with Gasteiger partial charge in [-0.3, -0.25) is 4.79 Å². The third-order valence-corrected chi connectivity index (χ3v) is 6.42. The van der Waals surface area contributed by atoms with Crippen LogP contribution in [0.3, 0.4) is 0 Å². The van der Waals surface area contributed by atoms with Crippen LogP contribution in [-0.2, 0) is 17.4 Å². The first kappa shape index (κ1) is 21.3. The van der Waals surface area contributed by atoms with E-state index in [2.05, 4.69) is 15.6 Å². The van der Waals surface area contributed by atoms with Crippen molar-refractivity contribution in [2.75, 3.05) is 17.2 Å². The fourth-order valence-corrected chi connectivity index (χ4v) is 4.30. The minimum absolute atomic E-state index is 0.00466. The molecule has 0 aliphatic carbocycles. The van der Waals surface area contributed by atoms with Crippen molar-refractivity contribution < 1.29 is 18.0 Å². The molecule has 0 saturated heterocycles. The number of nitrogens with one attached hydrogen (secondary N) is 2. The highest BCUT2D eigenvalue weighted by Crippen LogP contribution is 2.34. The maximum atomic E-state index is 12.7. The van der Waals surface area contributed by atoms with Gasteiger partial charge in [-0.2, -0.15) is 13.2 Å². The number of anilines is 2. The highest BCUT2D eigenvalue weighted by atomic mass is 32.1. The number of halogens is 3. The number of benzene rings is 2. The Balaban J connectivity index is 1.37. The number of carbonyl (C=O) groups is 1. The number of hydrogen-bond donors (Lipinski definition) is 3. The van der Waals surface area contributed by atoms with Crippen molar-refractivity contribution >= 4 is 28.1 Å². The summed E-state index contributed by atoms with van der Waals surface area (Å²) in [6, 6.07) is 10.6. The molecule has 5 nitrogen and oxygen atoms in total. The summed E-state index contributed by atoms with van der Waals surface area (Å²) < 4.78 is 38.2. The van der Waals surface area contributed by atoms with Crippen LogP contribution < -0.4 is 16.4 Å². The molecule has 0 unspecified atom stereocenters. The highest BCUT2D eigenvalue weighted by molar-refractivity contribution is 7.18. The molecule has 1 amide bonds. The van der Waals surface area contributed by atoms with E-state index in [9.17, 15) is 18.0 Å². The number of hydrogen-bond acceptors (Lipinski definition) is 5. The number of amides is 1. The van der Waals surface area contributed by atoms with E-state index >= 15 is 0 Å². The molecular weight excluding hydrogens is 425 g/mol. The van der Waals surface area contributed by atoms with E-state index in [4.69, 9.17) is 5.73 Å². The lowest BCUT2D eigenvalue weighted by Crippen LogP contribution is -2.34. The van der Waals surface area contributed by atoms with Crippen LogP contribution in [0.1, 0.15) is 29.5 Å². The summed E-state index contributed by atoms with van der Waals surface area (Å²) >= 11 is 1.48. The third kappa shape index (κ3) is 4.72. The number of aromatic nitrogens is 1. The summed E-state index contributed by atoms with van der Waals surface area (Å²) in [6.07, 6.45) is -2.20. The zero-order valence-electron chi connectivity index (χ0n) is 16.7. The molecule has 0 saturated carbocycles. The van der Waals surface area contributed by atoms with Crippen LogP contribution in [0, 0.1) is 0 Å². The van der Waals surface area contributed by atoms with Gasteiger partial charge in [0.05, 0.1) is 16.9 Å². The Morgan fingerprint density at radius 1 is 1.23 bits per heavy atom. The predicted octanol–water partition coefficient (Wildman–Crippen LogP) is 4.87. The molecular formula is C22H21F3N4OS. The van der Waals surface area contributed by atoms with Gasteiger partial charge in [-0.25, -0.2) is 4.98 Å². The maximum Gasteiger partial charge on any atom is 0.416 e. The van der Waals surface area contributed by atoms with Crippen molar-refractivity contribution in [2.24, 2.45) is 5.73 Å². The van der Waals surface area contributed by atoms with Gasteiger partial charge in [-0.05, 0) is 46.9 Å². The first-order valence-electron chi connectivity index (χ1n) is 9.76. The SMILES string of the molecule is C[C@@H](c1ccc(C(F)(F)F)cc1)[C@H](N)CNc1ncc(-c2ccc3c(c2)CC(=O)N3)s1. The average molecular weight is 446 g/mol. The number of thiazole rings is 1. The van der Waals surface area contributed by atoms with Crippen LogP contribution >= 0.6 is 11.3 Å². The molecule has 1 aliphatic rings. The molecule has 31 heavy (non-hydrogen) atoms. The molecule has 2 aromatic carbocycles. The number of alkyl halides is 3. The van der Waals surface area contributed by atoms with E-state index in [1.165, 1.54) is 23.5 Å². The molecule has 3 aromatic rings. The highest BCUT2D eigenvalue weighted by Gasteiger charge is 2.30. The molecule has 0 radical (unpaired) electrons. The van der Waals surface area contributed by atoms with Gasteiger partial charge >= 0.3 is 6.18 Å². The number of fused-ring (bicyclic) bond motifs is 1. The van der Waals surface area contributed by atoms with Gasteiger partial charge in [0.1, 0.15) is 0 Å². The van der Waals surface area contributed by atoms with Crippen molar-refractivity contribution in [2.45, 2.75) is 31.5 Å². The average Bonchev–Trinajstić information content (AvgIpc) is 3.35. The number of nitrogens with zero attached hydrogens (tertiary/aromatic N) is 1. The first-order valence-corrected chi connectivity index (χ1v) is 10.6. The van der Waals surface area contributed by atoms with Gasteiger partial charge in [0.2, 0.25) is 5.91 Å². The van der Waals surface area contributed by atoms with Crippen LogP contribution in [-0.4, -0.2) is 23.5 Å². The summed E-state index contributed by atoms with van der Waals surface area (Å²) in [5.41, 5.74) is 9.16. The van der Waals surface area contributed by atoms with Crippen LogP contribution in [0.2, 0.25) is 0 Å². The quantitative estimate of drug-likeness (QED) is 0.505. The van der Waals surface area contributed by atoms with Crippen LogP contribution in [0.4, 0.5) is 24.0 Å². The Morgan fingerprint density at radius 2 is 1.97 bits per heavy atom. The van der Waals surface area contributed by atoms with Gasteiger partial charge in [0.15, 0.2) is 5.13 Å². The van der Waals surface area contributed by atoms with E-state index in [0.717, 1.165) is 39.4 Å². The van der Waals surface area contributed by atoms with E-state index in [1.54, 1.807) is 6.20 Å². The Bertz CT molecular complexity index is 1090. The van der Waals surface area contributed by atoms with E-state index in [0.29, 0.717) is 18.1 Å². The van der Waals surface area contributed by atoms with Gasteiger partial charge < -0.3 is 16.4 Å². The topological polar surface area (TPSA) is 80.0 Å². The Hall–Kier alpha value is -2.91. The minimum atomic E-state index is -4.35.